The first-order chi connectivity index (χ1) is 8.58. The summed E-state index contributed by atoms with van der Waals surface area (Å²) in [6.07, 6.45) is 1.58. The van der Waals surface area contributed by atoms with Crippen molar-refractivity contribution in [3.63, 3.8) is 0 Å². The molecule has 94 valence electrons. The lowest BCUT2D eigenvalue weighted by atomic mass is 10.1. The number of ether oxygens (including phenoxy) is 1. The second kappa shape index (κ2) is 5.23. The molecule has 0 radical (unpaired) electrons. The molecule has 0 saturated carbocycles. The van der Waals surface area contributed by atoms with Gasteiger partial charge in [0.05, 0.1) is 6.20 Å². The molecular formula is C13H13ClN2O2. The first-order valence-electron chi connectivity index (χ1n) is 5.48. The number of imidazole rings is 1. The maximum atomic E-state index is 11.2. The van der Waals surface area contributed by atoms with Crippen LogP contribution in [-0.4, -0.2) is 15.3 Å². The second-order valence-electron chi connectivity index (χ2n) is 3.93. The van der Waals surface area contributed by atoms with E-state index in [1.54, 1.807) is 35.0 Å². The molecule has 18 heavy (non-hydrogen) atoms. The minimum atomic E-state index is 0.0143. The molecule has 1 heterocycles. The topological polar surface area (TPSA) is 44.1 Å². The van der Waals surface area contributed by atoms with Crippen LogP contribution in [0.2, 0.25) is 5.15 Å². The number of Topliss-reactive ketones (excluding diaryl/α,β-unsaturated/α-hetero) is 1. The molecule has 0 fully saturated rings. The van der Waals surface area contributed by atoms with Crippen LogP contribution in [0.3, 0.4) is 0 Å². The fourth-order valence-electron chi connectivity index (χ4n) is 1.51. The molecule has 1 aromatic carbocycles. The summed E-state index contributed by atoms with van der Waals surface area (Å²) in [6.45, 7) is 1.84. The van der Waals surface area contributed by atoms with E-state index < -0.39 is 0 Å². The van der Waals surface area contributed by atoms with Crippen LogP contribution >= 0.6 is 11.6 Å². The number of benzene rings is 1. The van der Waals surface area contributed by atoms with E-state index in [4.69, 9.17) is 16.3 Å². The number of hydrogen-bond acceptors (Lipinski definition) is 3. The summed E-state index contributed by atoms with van der Waals surface area (Å²) in [7, 11) is 1.82. The Morgan fingerprint density at radius 3 is 2.89 bits per heavy atom. The largest absolute Gasteiger partial charge is 0.486 e. The first kappa shape index (κ1) is 12.6. The van der Waals surface area contributed by atoms with E-state index in [2.05, 4.69) is 4.98 Å². The zero-order valence-electron chi connectivity index (χ0n) is 10.2. The number of aromatic nitrogens is 2. The molecular weight excluding hydrogens is 252 g/mol. The van der Waals surface area contributed by atoms with Gasteiger partial charge < -0.3 is 9.30 Å². The molecule has 0 saturated heterocycles. The third kappa shape index (κ3) is 2.71. The van der Waals surface area contributed by atoms with Gasteiger partial charge in [-0.3, -0.25) is 4.79 Å². The van der Waals surface area contributed by atoms with Crippen molar-refractivity contribution in [1.82, 2.24) is 9.55 Å². The van der Waals surface area contributed by atoms with Gasteiger partial charge in [-0.05, 0) is 19.1 Å². The molecule has 0 aliphatic rings. The molecule has 4 nitrogen and oxygen atoms in total. The quantitative estimate of drug-likeness (QED) is 0.798. The lowest BCUT2D eigenvalue weighted by molar-refractivity contribution is 0.101. The van der Waals surface area contributed by atoms with Crippen LogP contribution in [0.15, 0.2) is 30.5 Å². The molecule has 0 N–H and O–H groups in total. The van der Waals surface area contributed by atoms with Gasteiger partial charge in [0.2, 0.25) is 0 Å². The van der Waals surface area contributed by atoms with Crippen molar-refractivity contribution in [1.29, 1.82) is 0 Å². The third-order valence-electron chi connectivity index (χ3n) is 2.64. The molecule has 0 atom stereocenters. The van der Waals surface area contributed by atoms with Gasteiger partial charge in [0.1, 0.15) is 23.3 Å². The van der Waals surface area contributed by atoms with Crippen LogP contribution in [0.5, 0.6) is 5.75 Å². The summed E-state index contributed by atoms with van der Waals surface area (Å²) in [5.74, 6) is 1.38. The fraction of sp³-hybridized carbons (Fsp3) is 0.231. The van der Waals surface area contributed by atoms with E-state index in [1.165, 1.54) is 6.92 Å². The Labute approximate surface area is 110 Å². The van der Waals surface area contributed by atoms with Gasteiger partial charge in [0, 0.05) is 12.6 Å². The average molecular weight is 265 g/mol. The van der Waals surface area contributed by atoms with E-state index in [1.807, 2.05) is 7.05 Å². The van der Waals surface area contributed by atoms with Crippen LogP contribution in [0.1, 0.15) is 23.1 Å². The summed E-state index contributed by atoms with van der Waals surface area (Å²) in [5, 5.41) is 0.561. The predicted octanol–water partition coefficient (Wildman–Crippen LogP) is 2.86. The van der Waals surface area contributed by atoms with Crippen LogP contribution in [0.25, 0.3) is 0 Å². The second-order valence-corrected chi connectivity index (χ2v) is 4.32. The van der Waals surface area contributed by atoms with Gasteiger partial charge in [-0.15, -0.1) is 0 Å². The van der Waals surface area contributed by atoms with Crippen LogP contribution in [0.4, 0.5) is 0 Å². The molecule has 0 aliphatic heterocycles. The van der Waals surface area contributed by atoms with E-state index in [0.717, 1.165) is 5.82 Å². The van der Waals surface area contributed by atoms with Gasteiger partial charge in [-0.1, -0.05) is 23.7 Å². The Hall–Kier alpha value is -1.81. The number of carbonyl (C=O) groups is 1. The standard InChI is InChI=1S/C13H13ClN2O2/c1-9(17)10-4-3-5-11(6-10)18-8-13-15-7-12(14)16(13)2/h3-7H,8H2,1-2H3. The first-order valence-corrected chi connectivity index (χ1v) is 5.85. The Bertz CT molecular complexity index is 578. The van der Waals surface area contributed by atoms with Crippen molar-refractivity contribution in [3.05, 3.63) is 47.0 Å². The highest BCUT2D eigenvalue weighted by atomic mass is 35.5. The van der Waals surface area contributed by atoms with E-state index in [9.17, 15) is 4.79 Å². The molecule has 0 unspecified atom stereocenters. The number of halogens is 1. The van der Waals surface area contributed by atoms with Crippen LogP contribution < -0.4 is 4.74 Å². The van der Waals surface area contributed by atoms with Gasteiger partial charge >= 0.3 is 0 Å². The van der Waals surface area contributed by atoms with E-state index in [0.29, 0.717) is 23.1 Å². The van der Waals surface area contributed by atoms with Crippen molar-refractivity contribution in [2.75, 3.05) is 0 Å². The van der Waals surface area contributed by atoms with Gasteiger partial charge in [0.15, 0.2) is 5.78 Å². The van der Waals surface area contributed by atoms with Crippen LogP contribution in [0, 0.1) is 0 Å². The number of carbonyl (C=O) groups excluding carboxylic acids is 1. The van der Waals surface area contributed by atoms with Crippen molar-refractivity contribution < 1.29 is 9.53 Å². The summed E-state index contributed by atoms with van der Waals surface area (Å²) in [6, 6.07) is 7.06. The highest BCUT2D eigenvalue weighted by molar-refractivity contribution is 6.29. The molecule has 1 aromatic heterocycles. The monoisotopic (exact) mass is 264 g/mol. The predicted molar refractivity (Wildman–Crippen MR) is 69.0 cm³/mol. The van der Waals surface area contributed by atoms with E-state index >= 15 is 0 Å². The summed E-state index contributed by atoms with van der Waals surface area (Å²) in [5.41, 5.74) is 0.630. The normalized spacial score (nSPS) is 10.4. The van der Waals surface area contributed by atoms with Crippen molar-refractivity contribution >= 4 is 17.4 Å². The molecule has 0 bridgehead atoms. The van der Waals surface area contributed by atoms with Crippen molar-refractivity contribution in [2.45, 2.75) is 13.5 Å². The molecule has 2 rings (SSSR count). The summed E-state index contributed by atoms with van der Waals surface area (Å²) < 4.78 is 7.33. The van der Waals surface area contributed by atoms with Gasteiger partial charge in [-0.2, -0.15) is 0 Å². The molecule has 0 spiro atoms. The third-order valence-corrected chi connectivity index (χ3v) is 2.99. The highest BCUT2D eigenvalue weighted by Crippen LogP contribution is 2.16. The zero-order valence-corrected chi connectivity index (χ0v) is 10.9. The Morgan fingerprint density at radius 1 is 1.50 bits per heavy atom. The molecule has 5 heteroatoms. The Morgan fingerprint density at radius 2 is 2.28 bits per heavy atom. The lowest BCUT2D eigenvalue weighted by Gasteiger charge is -2.07. The number of rotatable bonds is 4. The number of ketones is 1. The SMILES string of the molecule is CC(=O)c1cccc(OCc2ncc(Cl)n2C)c1. The van der Waals surface area contributed by atoms with Crippen molar-refractivity contribution in [2.24, 2.45) is 7.05 Å². The highest BCUT2D eigenvalue weighted by Gasteiger charge is 2.06. The lowest BCUT2D eigenvalue weighted by Crippen LogP contribution is -2.04. The van der Waals surface area contributed by atoms with E-state index in [-0.39, 0.29) is 5.78 Å². The maximum absolute atomic E-state index is 11.2. The summed E-state index contributed by atoms with van der Waals surface area (Å²) >= 11 is 5.88. The molecule has 0 amide bonds. The van der Waals surface area contributed by atoms with Crippen LogP contribution in [-0.2, 0) is 13.7 Å². The smallest absolute Gasteiger partial charge is 0.159 e. The minimum Gasteiger partial charge on any atom is -0.486 e. The van der Waals surface area contributed by atoms with Crippen molar-refractivity contribution in [3.8, 4) is 5.75 Å². The van der Waals surface area contributed by atoms with Gasteiger partial charge in [0.25, 0.3) is 0 Å². The van der Waals surface area contributed by atoms with Gasteiger partial charge in [-0.25, -0.2) is 4.98 Å². The summed E-state index contributed by atoms with van der Waals surface area (Å²) in [4.78, 5) is 15.4. The number of hydrogen-bond donors (Lipinski definition) is 0. The Kier molecular flexibility index (Phi) is 3.67. The average Bonchev–Trinajstić information content (AvgIpc) is 2.68. The Balaban J connectivity index is 2.08. The molecule has 2 aromatic rings. The number of nitrogens with zero attached hydrogens (tertiary/aromatic N) is 2. The molecule has 0 aliphatic carbocycles. The minimum absolute atomic E-state index is 0.0143. The fourth-order valence-corrected chi connectivity index (χ4v) is 1.66. The zero-order chi connectivity index (χ0) is 13.1. The maximum Gasteiger partial charge on any atom is 0.159 e.